The van der Waals surface area contributed by atoms with Crippen molar-refractivity contribution in [2.45, 2.75) is 39.0 Å². The highest BCUT2D eigenvalue weighted by atomic mass is 32.2. The van der Waals surface area contributed by atoms with Crippen molar-refractivity contribution >= 4 is 10.0 Å². The number of hydrogen-bond donors (Lipinski definition) is 0. The van der Waals surface area contributed by atoms with Gasteiger partial charge in [0.2, 0.25) is 10.0 Å². The van der Waals surface area contributed by atoms with Gasteiger partial charge in [0.15, 0.2) is 0 Å². The molecule has 0 bridgehead atoms. The van der Waals surface area contributed by atoms with Crippen molar-refractivity contribution < 1.29 is 8.42 Å². The van der Waals surface area contributed by atoms with Gasteiger partial charge in [0, 0.05) is 13.1 Å². The van der Waals surface area contributed by atoms with Crippen LogP contribution in [0.3, 0.4) is 0 Å². The van der Waals surface area contributed by atoms with Gasteiger partial charge in [-0.25, -0.2) is 12.7 Å². The van der Waals surface area contributed by atoms with Gasteiger partial charge in [0.25, 0.3) is 0 Å². The first-order valence-corrected chi connectivity index (χ1v) is 7.34. The Kier molecular flexibility index (Phi) is 4.38. The highest BCUT2D eigenvalue weighted by Gasteiger charge is 2.27. The number of rotatable bonds is 7. The van der Waals surface area contributed by atoms with E-state index in [0.717, 1.165) is 25.8 Å². The van der Waals surface area contributed by atoms with Gasteiger partial charge >= 0.3 is 0 Å². The van der Waals surface area contributed by atoms with Gasteiger partial charge in [-0.3, -0.25) is 0 Å². The van der Waals surface area contributed by atoms with E-state index < -0.39 is 10.0 Å². The van der Waals surface area contributed by atoms with Crippen molar-refractivity contribution in [2.24, 2.45) is 5.92 Å². The lowest BCUT2D eigenvalue weighted by Crippen LogP contribution is -2.32. The molecule has 14 heavy (non-hydrogen) atoms. The zero-order valence-electron chi connectivity index (χ0n) is 9.20. The molecule has 0 heterocycles. The molecule has 84 valence electrons. The second-order valence-electron chi connectivity index (χ2n) is 4.27. The molecule has 0 saturated heterocycles. The molecule has 4 heteroatoms. The molecule has 1 rings (SSSR count). The van der Waals surface area contributed by atoms with Crippen LogP contribution in [-0.4, -0.2) is 32.1 Å². The van der Waals surface area contributed by atoms with E-state index >= 15 is 0 Å². The summed E-state index contributed by atoms with van der Waals surface area (Å²) in [5.74, 6) is 0.645. The maximum Gasteiger partial charge on any atom is 0.211 e. The summed E-state index contributed by atoms with van der Waals surface area (Å²) < 4.78 is 24.5. The van der Waals surface area contributed by atoms with E-state index in [0.29, 0.717) is 12.5 Å². The van der Waals surface area contributed by atoms with Crippen LogP contribution in [-0.2, 0) is 10.0 Å². The molecule has 0 aromatic carbocycles. The zero-order valence-corrected chi connectivity index (χ0v) is 10.0. The number of sulfonamides is 1. The van der Waals surface area contributed by atoms with Crippen LogP contribution in [0, 0.1) is 5.92 Å². The normalized spacial score (nSPS) is 17.6. The average Bonchev–Trinajstić information content (AvgIpc) is 2.85. The Labute approximate surface area is 87.5 Å². The SMILES string of the molecule is CCCCCN(CC1CC1)S(C)(=O)=O. The standard InChI is InChI=1S/C10H21NO2S/c1-3-4-5-8-11(14(2,12)13)9-10-6-7-10/h10H,3-9H2,1-2H3. The quantitative estimate of drug-likeness (QED) is 0.613. The molecule has 0 aromatic rings. The Bertz CT molecular complexity index is 257. The monoisotopic (exact) mass is 219 g/mol. The van der Waals surface area contributed by atoms with Gasteiger partial charge in [0.1, 0.15) is 0 Å². The fourth-order valence-corrected chi connectivity index (χ4v) is 2.46. The molecule has 0 unspecified atom stereocenters. The Hall–Kier alpha value is -0.0900. The summed E-state index contributed by atoms with van der Waals surface area (Å²) >= 11 is 0. The summed E-state index contributed by atoms with van der Waals surface area (Å²) in [5, 5.41) is 0. The van der Waals surface area contributed by atoms with Crippen LogP contribution in [0.5, 0.6) is 0 Å². The molecule has 0 aliphatic heterocycles. The second-order valence-corrected chi connectivity index (χ2v) is 6.25. The van der Waals surface area contributed by atoms with Crippen molar-refractivity contribution in [1.82, 2.24) is 4.31 Å². The summed E-state index contributed by atoms with van der Waals surface area (Å²) in [6.45, 7) is 3.59. The van der Waals surface area contributed by atoms with Crippen molar-refractivity contribution in [3.05, 3.63) is 0 Å². The molecular weight excluding hydrogens is 198 g/mol. The first-order valence-electron chi connectivity index (χ1n) is 5.49. The predicted octanol–water partition coefficient (Wildman–Crippen LogP) is 1.85. The minimum atomic E-state index is -2.97. The number of nitrogens with zero attached hydrogens (tertiary/aromatic N) is 1. The van der Waals surface area contributed by atoms with Gasteiger partial charge in [-0.1, -0.05) is 19.8 Å². The molecule has 3 nitrogen and oxygen atoms in total. The van der Waals surface area contributed by atoms with Gasteiger partial charge in [0.05, 0.1) is 6.26 Å². The molecule has 0 spiro atoms. The van der Waals surface area contributed by atoms with E-state index in [1.54, 1.807) is 4.31 Å². The Morgan fingerprint density at radius 3 is 2.36 bits per heavy atom. The van der Waals surface area contributed by atoms with Gasteiger partial charge in [-0.05, 0) is 25.2 Å². The molecular formula is C10H21NO2S. The maximum atomic E-state index is 11.4. The largest absolute Gasteiger partial charge is 0.213 e. The predicted molar refractivity (Wildman–Crippen MR) is 58.7 cm³/mol. The molecule has 0 atom stereocenters. The minimum absolute atomic E-state index is 0.645. The first-order chi connectivity index (χ1) is 6.54. The molecule has 0 N–H and O–H groups in total. The highest BCUT2D eigenvalue weighted by molar-refractivity contribution is 7.88. The lowest BCUT2D eigenvalue weighted by molar-refractivity contribution is 0.388. The van der Waals surface area contributed by atoms with Crippen molar-refractivity contribution in [3.63, 3.8) is 0 Å². The fraction of sp³-hybridized carbons (Fsp3) is 1.00. The van der Waals surface area contributed by atoms with Crippen molar-refractivity contribution in [2.75, 3.05) is 19.3 Å². The molecule has 1 aliphatic carbocycles. The van der Waals surface area contributed by atoms with E-state index in [2.05, 4.69) is 6.92 Å². The summed E-state index contributed by atoms with van der Waals surface area (Å²) in [6, 6.07) is 0. The third-order valence-electron chi connectivity index (χ3n) is 2.64. The average molecular weight is 219 g/mol. The smallest absolute Gasteiger partial charge is 0.211 e. The zero-order chi connectivity index (χ0) is 10.6. The van der Waals surface area contributed by atoms with E-state index in [4.69, 9.17) is 0 Å². The minimum Gasteiger partial charge on any atom is -0.213 e. The third kappa shape index (κ3) is 4.42. The van der Waals surface area contributed by atoms with Crippen LogP contribution < -0.4 is 0 Å². The maximum absolute atomic E-state index is 11.4. The fourth-order valence-electron chi connectivity index (χ4n) is 1.52. The van der Waals surface area contributed by atoms with Crippen LogP contribution in [0.25, 0.3) is 0 Å². The topological polar surface area (TPSA) is 37.4 Å². The van der Waals surface area contributed by atoms with Crippen LogP contribution in [0.15, 0.2) is 0 Å². The van der Waals surface area contributed by atoms with Crippen molar-refractivity contribution in [1.29, 1.82) is 0 Å². The van der Waals surface area contributed by atoms with Crippen LogP contribution >= 0.6 is 0 Å². The Morgan fingerprint density at radius 2 is 1.93 bits per heavy atom. The first kappa shape index (κ1) is 12.0. The summed E-state index contributed by atoms with van der Waals surface area (Å²) in [6.07, 6.45) is 6.99. The van der Waals surface area contributed by atoms with E-state index in [1.165, 1.54) is 19.1 Å². The lowest BCUT2D eigenvalue weighted by atomic mass is 10.2. The van der Waals surface area contributed by atoms with Crippen LogP contribution in [0.2, 0.25) is 0 Å². The summed E-state index contributed by atoms with van der Waals surface area (Å²) in [7, 11) is -2.97. The second kappa shape index (κ2) is 5.12. The van der Waals surface area contributed by atoms with E-state index in [9.17, 15) is 8.42 Å². The molecule has 1 fully saturated rings. The molecule has 0 radical (unpaired) electrons. The Balaban J connectivity index is 2.35. The van der Waals surface area contributed by atoms with Gasteiger partial charge < -0.3 is 0 Å². The van der Waals surface area contributed by atoms with Gasteiger partial charge in [-0.15, -0.1) is 0 Å². The van der Waals surface area contributed by atoms with Crippen LogP contribution in [0.1, 0.15) is 39.0 Å². The van der Waals surface area contributed by atoms with Gasteiger partial charge in [-0.2, -0.15) is 0 Å². The van der Waals surface area contributed by atoms with Crippen LogP contribution in [0.4, 0.5) is 0 Å². The molecule has 1 aliphatic rings. The lowest BCUT2D eigenvalue weighted by Gasteiger charge is -2.19. The van der Waals surface area contributed by atoms with E-state index in [1.807, 2.05) is 0 Å². The Morgan fingerprint density at radius 1 is 1.29 bits per heavy atom. The summed E-state index contributed by atoms with van der Waals surface area (Å²) in [5.41, 5.74) is 0. The molecule has 0 aromatic heterocycles. The highest BCUT2D eigenvalue weighted by Crippen LogP contribution is 2.30. The molecule has 1 saturated carbocycles. The molecule has 0 amide bonds. The number of unbranched alkanes of at least 4 members (excludes halogenated alkanes) is 2. The summed E-state index contributed by atoms with van der Waals surface area (Å²) in [4.78, 5) is 0. The van der Waals surface area contributed by atoms with Crippen molar-refractivity contribution in [3.8, 4) is 0 Å². The third-order valence-corrected chi connectivity index (χ3v) is 3.91. The van der Waals surface area contributed by atoms with E-state index in [-0.39, 0.29) is 0 Å². The number of hydrogen-bond acceptors (Lipinski definition) is 2.